The van der Waals surface area contributed by atoms with E-state index in [2.05, 4.69) is 10.3 Å². The van der Waals surface area contributed by atoms with E-state index in [1.807, 2.05) is 17.7 Å². The Balaban J connectivity index is 1.79. The molecule has 2 amide bonds. The van der Waals surface area contributed by atoms with Crippen LogP contribution in [0.2, 0.25) is 5.02 Å². The molecule has 2 aromatic rings. The number of imidazole rings is 1. The molecular weight excluding hydrogens is 328 g/mol. The number of benzene rings is 1. The van der Waals surface area contributed by atoms with Crippen LogP contribution in [0.5, 0.6) is 0 Å². The van der Waals surface area contributed by atoms with E-state index in [-0.39, 0.29) is 11.8 Å². The fraction of sp³-hybridized carbons (Fsp3) is 0.353. The summed E-state index contributed by atoms with van der Waals surface area (Å²) in [5.74, 6) is -0.251. The zero-order valence-electron chi connectivity index (χ0n) is 13.4. The Bertz CT molecular complexity index is 759. The number of nitrogens with zero attached hydrogens (tertiary/aromatic N) is 3. The summed E-state index contributed by atoms with van der Waals surface area (Å²) in [5.41, 5.74) is 1.64. The molecule has 0 spiro atoms. The third kappa shape index (κ3) is 3.28. The fourth-order valence-electron chi connectivity index (χ4n) is 2.95. The van der Waals surface area contributed by atoms with Crippen molar-refractivity contribution >= 4 is 23.4 Å². The third-order valence-electron chi connectivity index (χ3n) is 4.24. The van der Waals surface area contributed by atoms with Crippen molar-refractivity contribution in [1.29, 1.82) is 0 Å². The Kier molecular flexibility index (Phi) is 4.85. The lowest BCUT2D eigenvalue weighted by Crippen LogP contribution is -2.52. The number of rotatable bonds is 4. The van der Waals surface area contributed by atoms with E-state index in [1.165, 1.54) is 0 Å². The second-order valence-electron chi connectivity index (χ2n) is 5.80. The number of halogens is 1. The number of nitrogens with one attached hydrogen (secondary N) is 1. The van der Waals surface area contributed by atoms with Gasteiger partial charge in [0.1, 0.15) is 6.04 Å². The van der Waals surface area contributed by atoms with Crippen LogP contribution in [0.4, 0.5) is 0 Å². The lowest BCUT2D eigenvalue weighted by Gasteiger charge is -2.35. The molecule has 0 saturated carbocycles. The van der Waals surface area contributed by atoms with Crippen LogP contribution in [-0.2, 0) is 23.1 Å². The molecule has 1 unspecified atom stereocenters. The van der Waals surface area contributed by atoms with Gasteiger partial charge in [-0.25, -0.2) is 4.98 Å². The summed E-state index contributed by atoms with van der Waals surface area (Å²) in [6, 6.07) is 6.48. The van der Waals surface area contributed by atoms with Crippen LogP contribution in [0, 0.1) is 0 Å². The minimum Gasteiger partial charge on any atom is -0.352 e. The lowest BCUT2D eigenvalue weighted by molar-refractivity contribution is -0.143. The minimum absolute atomic E-state index is 0.0593. The predicted molar refractivity (Wildman–Crippen MR) is 90.4 cm³/mol. The molecule has 6 nitrogen and oxygen atoms in total. The highest BCUT2D eigenvalue weighted by molar-refractivity contribution is 6.31. The van der Waals surface area contributed by atoms with Crippen LogP contribution in [0.25, 0.3) is 0 Å². The molecule has 3 rings (SSSR count). The number of carbonyl (C=O) groups is 2. The maximum Gasteiger partial charge on any atom is 0.247 e. The lowest BCUT2D eigenvalue weighted by atomic mass is 10.0. The largest absolute Gasteiger partial charge is 0.352 e. The molecule has 0 aliphatic carbocycles. The Morgan fingerprint density at radius 2 is 2.21 bits per heavy atom. The van der Waals surface area contributed by atoms with Gasteiger partial charge in [0.15, 0.2) is 0 Å². The fourth-order valence-corrected chi connectivity index (χ4v) is 3.18. The molecule has 1 saturated heterocycles. The number of hydrogen-bond donors (Lipinski definition) is 1. The summed E-state index contributed by atoms with van der Waals surface area (Å²) in [4.78, 5) is 30.8. The SMILES string of the molecule is Cn1cncc1CCC(=O)N1CCNC(=O)C1c1ccccc1Cl. The molecule has 1 aromatic heterocycles. The summed E-state index contributed by atoms with van der Waals surface area (Å²) < 4.78 is 1.89. The van der Waals surface area contributed by atoms with Gasteiger partial charge in [0, 0.05) is 49.0 Å². The van der Waals surface area contributed by atoms with Gasteiger partial charge in [-0.2, -0.15) is 0 Å². The number of aryl methyl sites for hydroxylation is 2. The number of aromatic nitrogens is 2. The van der Waals surface area contributed by atoms with Gasteiger partial charge >= 0.3 is 0 Å². The number of amides is 2. The van der Waals surface area contributed by atoms with Crippen LogP contribution in [-0.4, -0.2) is 39.4 Å². The summed E-state index contributed by atoms with van der Waals surface area (Å²) in [6.45, 7) is 0.934. The molecule has 1 fully saturated rings. The van der Waals surface area contributed by atoms with E-state index < -0.39 is 6.04 Å². The normalized spacial score (nSPS) is 17.7. The molecule has 0 bridgehead atoms. The van der Waals surface area contributed by atoms with Gasteiger partial charge in [0.05, 0.1) is 6.33 Å². The average molecular weight is 347 g/mol. The zero-order valence-corrected chi connectivity index (χ0v) is 14.2. The van der Waals surface area contributed by atoms with Crippen LogP contribution in [0.15, 0.2) is 36.8 Å². The monoisotopic (exact) mass is 346 g/mol. The van der Waals surface area contributed by atoms with Crippen molar-refractivity contribution in [3.8, 4) is 0 Å². The van der Waals surface area contributed by atoms with E-state index in [4.69, 9.17) is 11.6 Å². The first-order chi connectivity index (χ1) is 11.6. The minimum atomic E-state index is -0.675. The van der Waals surface area contributed by atoms with Gasteiger partial charge in [0.2, 0.25) is 11.8 Å². The average Bonchev–Trinajstić information content (AvgIpc) is 2.98. The maximum atomic E-state index is 12.7. The summed E-state index contributed by atoms with van der Waals surface area (Å²) in [5, 5.41) is 3.31. The van der Waals surface area contributed by atoms with Crippen LogP contribution < -0.4 is 5.32 Å². The maximum absolute atomic E-state index is 12.7. The van der Waals surface area contributed by atoms with Crippen molar-refractivity contribution in [3.63, 3.8) is 0 Å². The van der Waals surface area contributed by atoms with Crippen LogP contribution in [0.1, 0.15) is 23.7 Å². The van der Waals surface area contributed by atoms with Gasteiger partial charge in [0.25, 0.3) is 0 Å². The topological polar surface area (TPSA) is 67.2 Å². The Labute approximate surface area is 145 Å². The second kappa shape index (κ2) is 7.05. The van der Waals surface area contributed by atoms with Gasteiger partial charge in [-0.15, -0.1) is 0 Å². The van der Waals surface area contributed by atoms with Gasteiger partial charge in [-0.1, -0.05) is 29.8 Å². The molecule has 1 atom stereocenters. The van der Waals surface area contributed by atoms with Crippen molar-refractivity contribution in [2.45, 2.75) is 18.9 Å². The van der Waals surface area contributed by atoms with Crippen molar-refractivity contribution in [1.82, 2.24) is 19.8 Å². The third-order valence-corrected chi connectivity index (χ3v) is 4.59. The summed E-state index contributed by atoms with van der Waals surface area (Å²) >= 11 is 6.24. The molecule has 0 radical (unpaired) electrons. The quantitative estimate of drug-likeness (QED) is 0.916. The smallest absolute Gasteiger partial charge is 0.247 e. The number of carbonyl (C=O) groups excluding carboxylic acids is 2. The van der Waals surface area contributed by atoms with Gasteiger partial charge in [-0.05, 0) is 12.5 Å². The molecule has 7 heteroatoms. The van der Waals surface area contributed by atoms with Gasteiger partial charge < -0.3 is 14.8 Å². The highest BCUT2D eigenvalue weighted by Gasteiger charge is 2.35. The predicted octanol–water partition coefficient (Wildman–Crippen LogP) is 1.71. The van der Waals surface area contributed by atoms with Crippen LogP contribution in [0.3, 0.4) is 0 Å². The summed E-state index contributed by atoms with van der Waals surface area (Å²) in [7, 11) is 1.90. The molecule has 1 aliphatic rings. The number of piperazine rings is 1. The van der Waals surface area contributed by atoms with Crippen molar-refractivity contribution < 1.29 is 9.59 Å². The first-order valence-corrected chi connectivity index (χ1v) is 8.22. The number of hydrogen-bond acceptors (Lipinski definition) is 3. The Morgan fingerprint density at radius 3 is 2.92 bits per heavy atom. The molecule has 24 heavy (non-hydrogen) atoms. The van der Waals surface area contributed by atoms with E-state index in [1.54, 1.807) is 35.6 Å². The van der Waals surface area contributed by atoms with E-state index >= 15 is 0 Å². The standard InChI is InChI=1S/C17H19ClN4O2/c1-21-11-19-10-12(21)6-7-15(23)22-9-8-20-17(24)16(22)13-4-2-3-5-14(13)18/h2-5,10-11,16H,6-9H2,1H3,(H,20,24). The highest BCUT2D eigenvalue weighted by atomic mass is 35.5. The molecule has 126 valence electrons. The molecule has 1 aromatic carbocycles. The first-order valence-electron chi connectivity index (χ1n) is 7.84. The molecule has 1 N–H and O–H groups in total. The van der Waals surface area contributed by atoms with E-state index in [9.17, 15) is 9.59 Å². The Morgan fingerprint density at radius 1 is 1.42 bits per heavy atom. The first kappa shape index (κ1) is 16.5. The van der Waals surface area contributed by atoms with Crippen LogP contribution >= 0.6 is 11.6 Å². The molecule has 2 heterocycles. The second-order valence-corrected chi connectivity index (χ2v) is 6.21. The van der Waals surface area contributed by atoms with Gasteiger partial charge in [-0.3, -0.25) is 9.59 Å². The highest BCUT2D eigenvalue weighted by Crippen LogP contribution is 2.29. The molecule has 1 aliphatic heterocycles. The van der Waals surface area contributed by atoms with E-state index in [0.29, 0.717) is 36.5 Å². The van der Waals surface area contributed by atoms with Crippen molar-refractivity contribution in [2.24, 2.45) is 7.05 Å². The molecular formula is C17H19ClN4O2. The van der Waals surface area contributed by atoms with E-state index in [0.717, 1.165) is 5.69 Å². The van der Waals surface area contributed by atoms with Crippen molar-refractivity contribution in [2.75, 3.05) is 13.1 Å². The summed E-state index contributed by atoms with van der Waals surface area (Å²) in [6.07, 6.45) is 4.37. The van der Waals surface area contributed by atoms with Crippen molar-refractivity contribution in [3.05, 3.63) is 53.1 Å². The Hall–Kier alpha value is -2.34. The zero-order chi connectivity index (χ0) is 17.1.